The lowest BCUT2D eigenvalue weighted by molar-refractivity contribution is 0.317. The van der Waals surface area contributed by atoms with Gasteiger partial charge in [-0.2, -0.15) is 0 Å². The van der Waals surface area contributed by atoms with E-state index in [9.17, 15) is 8.42 Å². The Hall–Kier alpha value is 0.0900. The molecular weight excluding hydrogens is 334 g/mol. The van der Waals surface area contributed by atoms with E-state index in [2.05, 4.69) is 20.7 Å². The molecule has 0 spiro atoms. The van der Waals surface area contributed by atoms with Gasteiger partial charge in [-0.1, -0.05) is 28.8 Å². The van der Waals surface area contributed by atoms with Crippen LogP contribution in [0.15, 0.2) is 16.3 Å². The maximum Gasteiger partial charge on any atom is 0.250 e. The number of aryl methyl sites for hydroxylation is 1. The van der Waals surface area contributed by atoms with E-state index >= 15 is 0 Å². The topological polar surface area (TPSA) is 46.2 Å². The van der Waals surface area contributed by atoms with Crippen LogP contribution >= 0.6 is 27.3 Å². The lowest BCUT2D eigenvalue weighted by atomic mass is 9.87. The number of sulfonamides is 1. The molecule has 1 aliphatic carbocycles. The third kappa shape index (κ3) is 3.35. The molecule has 1 saturated carbocycles. The molecule has 1 aliphatic rings. The molecule has 18 heavy (non-hydrogen) atoms. The quantitative estimate of drug-likeness (QED) is 0.846. The Labute approximate surface area is 121 Å². The van der Waals surface area contributed by atoms with Gasteiger partial charge in [0.05, 0.1) is 0 Å². The van der Waals surface area contributed by atoms with Crippen LogP contribution in [0.4, 0.5) is 0 Å². The maximum absolute atomic E-state index is 12.3. The summed E-state index contributed by atoms with van der Waals surface area (Å²) in [7, 11) is -3.33. The first-order valence-electron chi connectivity index (χ1n) is 6.17. The smallest absolute Gasteiger partial charge is 0.207 e. The first kappa shape index (κ1) is 14.5. The number of hydrogen-bond donors (Lipinski definition) is 1. The van der Waals surface area contributed by atoms with Gasteiger partial charge >= 0.3 is 0 Å². The first-order chi connectivity index (χ1) is 8.53. The highest BCUT2D eigenvalue weighted by Gasteiger charge is 2.29. The van der Waals surface area contributed by atoms with Crippen LogP contribution in [0.25, 0.3) is 0 Å². The van der Waals surface area contributed by atoms with E-state index in [1.54, 1.807) is 6.07 Å². The van der Waals surface area contributed by atoms with Gasteiger partial charge in [0.1, 0.15) is 4.21 Å². The summed E-state index contributed by atoms with van der Waals surface area (Å²) in [5.74, 6) is 0.412. The fourth-order valence-electron chi connectivity index (χ4n) is 2.36. The minimum absolute atomic E-state index is 0.0746. The van der Waals surface area contributed by atoms with Crippen molar-refractivity contribution in [1.29, 1.82) is 0 Å². The van der Waals surface area contributed by atoms with Crippen molar-refractivity contribution >= 4 is 37.3 Å². The van der Waals surface area contributed by atoms with Crippen molar-refractivity contribution < 1.29 is 8.42 Å². The third-order valence-corrected chi connectivity index (χ3v) is 7.21. The van der Waals surface area contributed by atoms with Crippen molar-refractivity contribution in [2.75, 3.05) is 5.33 Å². The van der Waals surface area contributed by atoms with Gasteiger partial charge in [-0.3, -0.25) is 0 Å². The summed E-state index contributed by atoms with van der Waals surface area (Å²) in [4.78, 5) is 1.02. The zero-order chi connectivity index (χ0) is 13.2. The predicted octanol–water partition coefficient (Wildman–Crippen LogP) is 3.29. The molecule has 1 fully saturated rings. The van der Waals surface area contributed by atoms with Crippen LogP contribution in [0.1, 0.15) is 30.6 Å². The highest BCUT2D eigenvalue weighted by molar-refractivity contribution is 9.09. The SMILES string of the molecule is Cc1ccc(S(=O)(=O)NC2CCCCC2CBr)s1. The van der Waals surface area contributed by atoms with Crippen LogP contribution in [0, 0.1) is 12.8 Å². The Morgan fingerprint density at radius 1 is 1.39 bits per heavy atom. The molecule has 1 heterocycles. The molecule has 1 aromatic heterocycles. The number of nitrogens with one attached hydrogen (secondary N) is 1. The maximum atomic E-state index is 12.3. The number of rotatable bonds is 4. The van der Waals surface area contributed by atoms with Gasteiger partial charge in [-0.25, -0.2) is 13.1 Å². The van der Waals surface area contributed by atoms with Gasteiger partial charge in [-0.15, -0.1) is 11.3 Å². The van der Waals surface area contributed by atoms with E-state index in [0.29, 0.717) is 10.1 Å². The van der Waals surface area contributed by atoms with Crippen LogP contribution in [-0.4, -0.2) is 19.8 Å². The second-order valence-electron chi connectivity index (χ2n) is 4.79. The molecule has 2 rings (SSSR count). The van der Waals surface area contributed by atoms with Crippen LogP contribution in [-0.2, 0) is 10.0 Å². The van der Waals surface area contributed by atoms with Crippen molar-refractivity contribution in [2.24, 2.45) is 5.92 Å². The van der Waals surface area contributed by atoms with E-state index < -0.39 is 10.0 Å². The summed E-state index contributed by atoms with van der Waals surface area (Å²) in [6.45, 7) is 1.92. The summed E-state index contributed by atoms with van der Waals surface area (Å²) >= 11 is 4.82. The standard InChI is InChI=1S/C12H18BrNO2S2/c1-9-6-7-12(17-9)18(15,16)14-11-5-3-2-4-10(11)8-13/h6-7,10-11,14H,2-5,8H2,1H3. The minimum Gasteiger partial charge on any atom is -0.207 e. The predicted molar refractivity (Wildman–Crippen MR) is 78.9 cm³/mol. The fraction of sp³-hybridized carbons (Fsp3) is 0.667. The lowest BCUT2D eigenvalue weighted by Crippen LogP contribution is -2.42. The number of alkyl halides is 1. The van der Waals surface area contributed by atoms with Crippen LogP contribution in [0.3, 0.4) is 0 Å². The van der Waals surface area contributed by atoms with Gasteiger partial charge < -0.3 is 0 Å². The summed E-state index contributed by atoms with van der Waals surface area (Å²) in [6.07, 6.45) is 4.36. The van der Waals surface area contributed by atoms with E-state index in [1.807, 2.05) is 13.0 Å². The molecule has 6 heteroatoms. The Bertz CT molecular complexity index is 498. The summed E-state index contributed by atoms with van der Waals surface area (Å²) in [5, 5.41) is 0.865. The van der Waals surface area contributed by atoms with Crippen molar-refractivity contribution in [3.05, 3.63) is 17.0 Å². The zero-order valence-corrected chi connectivity index (χ0v) is 13.6. The number of thiophene rings is 1. The van der Waals surface area contributed by atoms with Gasteiger partial charge in [0.2, 0.25) is 10.0 Å². The molecule has 0 aliphatic heterocycles. The zero-order valence-electron chi connectivity index (χ0n) is 10.4. The highest BCUT2D eigenvalue weighted by atomic mass is 79.9. The molecule has 0 amide bonds. The highest BCUT2D eigenvalue weighted by Crippen LogP contribution is 2.28. The summed E-state index contributed by atoms with van der Waals surface area (Å²) < 4.78 is 27.8. The Kier molecular flexibility index (Phi) is 4.86. The second-order valence-corrected chi connectivity index (χ2v) is 8.67. The van der Waals surface area contributed by atoms with Crippen molar-refractivity contribution in [1.82, 2.24) is 4.72 Å². The number of halogens is 1. The number of hydrogen-bond acceptors (Lipinski definition) is 3. The molecule has 1 aromatic rings. The average Bonchev–Trinajstić information content (AvgIpc) is 2.77. The van der Waals surface area contributed by atoms with Gasteiger partial charge in [-0.05, 0) is 37.8 Å². The lowest BCUT2D eigenvalue weighted by Gasteiger charge is -2.30. The van der Waals surface area contributed by atoms with Gasteiger partial charge in [0.15, 0.2) is 0 Å². The van der Waals surface area contributed by atoms with Gasteiger partial charge in [0.25, 0.3) is 0 Å². The van der Waals surface area contributed by atoms with E-state index in [1.165, 1.54) is 17.8 Å². The van der Waals surface area contributed by atoms with E-state index in [0.717, 1.165) is 29.5 Å². The normalized spacial score (nSPS) is 25.2. The van der Waals surface area contributed by atoms with Crippen LogP contribution in [0.2, 0.25) is 0 Å². The van der Waals surface area contributed by atoms with E-state index in [4.69, 9.17) is 0 Å². The van der Waals surface area contributed by atoms with E-state index in [-0.39, 0.29) is 6.04 Å². The molecule has 0 saturated heterocycles. The largest absolute Gasteiger partial charge is 0.250 e. The molecule has 2 atom stereocenters. The molecule has 2 unspecified atom stereocenters. The van der Waals surface area contributed by atoms with Crippen LogP contribution < -0.4 is 4.72 Å². The van der Waals surface area contributed by atoms with Crippen molar-refractivity contribution in [3.8, 4) is 0 Å². The Balaban J connectivity index is 2.12. The molecule has 102 valence electrons. The second kappa shape index (κ2) is 6.03. The van der Waals surface area contributed by atoms with Crippen molar-refractivity contribution in [2.45, 2.75) is 42.9 Å². The molecule has 0 aromatic carbocycles. The molecule has 0 radical (unpaired) electrons. The molecular formula is C12H18BrNO2S2. The Morgan fingerprint density at radius 2 is 2.11 bits per heavy atom. The first-order valence-corrected chi connectivity index (χ1v) is 9.60. The minimum atomic E-state index is -3.33. The summed E-state index contributed by atoms with van der Waals surface area (Å²) in [5.41, 5.74) is 0. The van der Waals surface area contributed by atoms with Crippen molar-refractivity contribution in [3.63, 3.8) is 0 Å². The molecule has 0 bridgehead atoms. The molecule has 3 nitrogen and oxygen atoms in total. The van der Waals surface area contributed by atoms with Crippen LogP contribution in [0.5, 0.6) is 0 Å². The van der Waals surface area contributed by atoms with Gasteiger partial charge in [0, 0.05) is 16.2 Å². The third-order valence-electron chi connectivity index (χ3n) is 3.39. The fourth-order valence-corrected chi connectivity index (χ4v) is 5.78. The molecule has 1 N–H and O–H groups in total. The Morgan fingerprint density at radius 3 is 2.72 bits per heavy atom. The average molecular weight is 352 g/mol. The monoisotopic (exact) mass is 351 g/mol. The summed E-state index contributed by atoms with van der Waals surface area (Å²) in [6, 6.07) is 3.61.